The molecule has 0 aliphatic heterocycles. The Balaban J connectivity index is 1.82. The number of hydrogen-bond acceptors (Lipinski definition) is 5. The van der Waals surface area contributed by atoms with Gasteiger partial charge in [0.2, 0.25) is 0 Å². The molecule has 0 saturated carbocycles. The van der Waals surface area contributed by atoms with Gasteiger partial charge in [0, 0.05) is 5.75 Å². The Kier molecular flexibility index (Phi) is 7.54. The Morgan fingerprint density at radius 1 is 1.04 bits per heavy atom. The fourth-order valence-corrected chi connectivity index (χ4v) is 3.31. The number of benzene rings is 2. The average molecular weight is 358 g/mol. The predicted octanol–water partition coefficient (Wildman–Crippen LogP) is 3.92. The van der Waals surface area contributed by atoms with E-state index in [1.54, 1.807) is 31.0 Å². The summed E-state index contributed by atoms with van der Waals surface area (Å²) in [4.78, 5) is 22.7. The van der Waals surface area contributed by atoms with Gasteiger partial charge < -0.3 is 14.3 Å². The van der Waals surface area contributed by atoms with Crippen LogP contribution in [-0.2, 0) is 21.7 Å². The van der Waals surface area contributed by atoms with E-state index in [0.717, 1.165) is 36.2 Å². The van der Waals surface area contributed by atoms with Gasteiger partial charge in [-0.25, -0.2) is 4.79 Å². The summed E-state index contributed by atoms with van der Waals surface area (Å²) < 4.78 is 9.83. The maximum atomic E-state index is 11.4. The van der Waals surface area contributed by atoms with E-state index in [4.69, 9.17) is 4.74 Å². The van der Waals surface area contributed by atoms with Crippen molar-refractivity contribution in [3.63, 3.8) is 0 Å². The third-order valence-corrected chi connectivity index (χ3v) is 5.14. The summed E-state index contributed by atoms with van der Waals surface area (Å²) in [6.07, 6.45) is 2.57. The van der Waals surface area contributed by atoms with E-state index in [-0.39, 0.29) is 11.2 Å². The van der Waals surface area contributed by atoms with Crippen molar-refractivity contribution in [2.75, 3.05) is 14.2 Å². The monoisotopic (exact) mass is 358 g/mol. The molecule has 0 heterocycles. The summed E-state index contributed by atoms with van der Waals surface area (Å²) in [5.74, 6) is 1.28. The van der Waals surface area contributed by atoms with Gasteiger partial charge in [0.05, 0.1) is 25.0 Å². The number of carbonyl (C=O) groups excluding carboxylic acids is 2. The number of aryl methyl sites for hydroxylation is 1. The third kappa shape index (κ3) is 5.94. The van der Waals surface area contributed by atoms with Crippen molar-refractivity contribution in [3.8, 4) is 5.75 Å². The molecule has 0 radical (unpaired) electrons. The quantitative estimate of drug-likeness (QED) is 0.502. The lowest BCUT2D eigenvalue weighted by molar-refractivity contribution is -0.107. The smallest absolute Gasteiger partial charge is 0.337 e. The van der Waals surface area contributed by atoms with E-state index in [1.165, 1.54) is 12.7 Å². The van der Waals surface area contributed by atoms with Gasteiger partial charge in [-0.2, -0.15) is 0 Å². The number of hydrogen-bond donors (Lipinski definition) is 0. The van der Waals surface area contributed by atoms with E-state index in [9.17, 15) is 9.59 Å². The zero-order chi connectivity index (χ0) is 18.1. The second-order valence-electron chi connectivity index (χ2n) is 5.56. The summed E-state index contributed by atoms with van der Waals surface area (Å²) in [5, 5.41) is -0.0533. The molecule has 0 spiro atoms. The van der Waals surface area contributed by atoms with E-state index < -0.39 is 0 Å². The minimum absolute atomic E-state index is 0.0533. The fraction of sp³-hybridized carbons (Fsp3) is 0.300. The SMILES string of the molecule is COC(=O)c1ccc(CC[C@@H](C=O)SCc2ccc(OC)cc2)cc1. The largest absolute Gasteiger partial charge is 0.497 e. The summed E-state index contributed by atoms with van der Waals surface area (Å²) in [6.45, 7) is 0. The van der Waals surface area contributed by atoms with Crippen molar-refractivity contribution in [2.24, 2.45) is 0 Å². The average Bonchev–Trinajstić information content (AvgIpc) is 2.68. The van der Waals surface area contributed by atoms with Gasteiger partial charge in [-0.05, 0) is 48.2 Å². The van der Waals surface area contributed by atoms with Gasteiger partial charge >= 0.3 is 5.97 Å². The first kappa shape index (κ1) is 19.1. The van der Waals surface area contributed by atoms with Crippen LogP contribution in [0.25, 0.3) is 0 Å². The van der Waals surface area contributed by atoms with Gasteiger partial charge in [-0.3, -0.25) is 0 Å². The molecule has 2 aromatic rings. The molecule has 0 aliphatic rings. The summed E-state index contributed by atoms with van der Waals surface area (Å²) >= 11 is 1.64. The molecule has 0 aliphatic carbocycles. The van der Waals surface area contributed by atoms with Crippen molar-refractivity contribution in [1.82, 2.24) is 0 Å². The molecule has 5 heteroatoms. The van der Waals surface area contributed by atoms with Crippen LogP contribution < -0.4 is 4.74 Å². The number of thioether (sulfide) groups is 1. The van der Waals surface area contributed by atoms with E-state index in [2.05, 4.69) is 4.74 Å². The molecule has 0 aromatic heterocycles. The highest BCUT2D eigenvalue weighted by Crippen LogP contribution is 2.22. The van der Waals surface area contributed by atoms with Gasteiger partial charge in [0.15, 0.2) is 0 Å². The predicted molar refractivity (Wildman–Crippen MR) is 100 cm³/mol. The van der Waals surface area contributed by atoms with Crippen LogP contribution in [0.1, 0.15) is 27.9 Å². The van der Waals surface area contributed by atoms with E-state index in [0.29, 0.717) is 5.56 Å². The van der Waals surface area contributed by atoms with Crippen LogP contribution in [0.15, 0.2) is 48.5 Å². The van der Waals surface area contributed by atoms with Gasteiger partial charge in [0.1, 0.15) is 12.0 Å². The van der Waals surface area contributed by atoms with Crippen LogP contribution in [-0.4, -0.2) is 31.7 Å². The molecule has 0 fully saturated rings. The Labute approximate surface area is 152 Å². The number of aldehydes is 1. The summed E-state index contributed by atoms with van der Waals surface area (Å²) in [6, 6.07) is 15.2. The van der Waals surface area contributed by atoms with Crippen molar-refractivity contribution >= 4 is 24.0 Å². The first-order valence-electron chi connectivity index (χ1n) is 8.03. The molecule has 0 N–H and O–H groups in total. The molecule has 25 heavy (non-hydrogen) atoms. The molecule has 0 unspecified atom stereocenters. The van der Waals surface area contributed by atoms with Crippen molar-refractivity contribution in [3.05, 3.63) is 65.2 Å². The minimum atomic E-state index is -0.340. The van der Waals surface area contributed by atoms with Crippen LogP contribution >= 0.6 is 11.8 Å². The molecular weight excluding hydrogens is 336 g/mol. The second kappa shape index (κ2) is 9.89. The first-order chi connectivity index (χ1) is 12.2. The second-order valence-corrected chi connectivity index (χ2v) is 6.79. The number of rotatable bonds is 9. The minimum Gasteiger partial charge on any atom is -0.497 e. The zero-order valence-electron chi connectivity index (χ0n) is 14.4. The van der Waals surface area contributed by atoms with Gasteiger partial charge in [-0.1, -0.05) is 24.3 Å². The van der Waals surface area contributed by atoms with Crippen molar-refractivity contribution < 1.29 is 19.1 Å². The zero-order valence-corrected chi connectivity index (χ0v) is 15.3. The third-order valence-electron chi connectivity index (χ3n) is 3.87. The maximum Gasteiger partial charge on any atom is 0.337 e. The summed E-state index contributed by atoms with van der Waals surface area (Å²) in [7, 11) is 3.01. The normalized spacial score (nSPS) is 11.6. The van der Waals surface area contributed by atoms with Crippen molar-refractivity contribution in [2.45, 2.75) is 23.8 Å². The molecule has 2 rings (SSSR count). The van der Waals surface area contributed by atoms with E-state index >= 15 is 0 Å². The van der Waals surface area contributed by atoms with Crippen LogP contribution in [0.5, 0.6) is 5.75 Å². The molecule has 1 atom stereocenters. The number of carbonyl (C=O) groups is 2. The lowest BCUT2D eigenvalue weighted by Crippen LogP contribution is -2.07. The Bertz CT molecular complexity index is 680. The topological polar surface area (TPSA) is 52.6 Å². The van der Waals surface area contributed by atoms with Crippen LogP contribution in [0.2, 0.25) is 0 Å². The molecule has 132 valence electrons. The number of methoxy groups -OCH3 is 2. The maximum absolute atomic E-state index is 11.4. The fourth-order valence-electron chi connectivity index (χ4n) is 2.35. The lowest BCUT2D eigenvalue weighted by Gasteiger charge is -2.11. The molecule has 0 amide bonds. The van der Waals surface area contributed by atoms with Crippen LogP contribution in [0, 0.1) is 0 Å². The van der Waals surface area contributed by atoms with Gasteiger partial charge in [0.25, 0.3) is 0 Å². The Hall–Kier alpha value is -2.27. The van der Waals surface area contributed by atoms with Crippen molar-refractivity contribution in [1.29, 1.82) is 0 Å². The summed E-state index contributed by atoms with van der Waals surface area (Å²) in [5.41, 5.74) is 2.80. The highest BCUT2D eigenvalue weighted by atomic mass is 32.2. The number of esters is 1. The standard InChI is InChI=1S/C20H22O4S/c1-23-18-10-5-16(6-11-18)14-25-19(13-21)12-7-15-3-8-17(9-4-15)20(22)24-2/h3-6,8-11,13,19H,7,12,14H2,1-2H3/t19-/m0/s1. The van der Waals surface area contributed by atoms with Gasteiger partial charge in [-0.15, -0.1) is 11.8 Å². The highest BCUT2D eigenvalue weighted by Gasteiger charge is 2.10. The Morgan fingerprint density at radius 2 is 1.68 bits per heavy atom. The number of ether oxygens (including phenoxy) is 2. The Morgan fingerprint density at radius 3 is 2.24 bits per heavy atom. The lowest BCUT2D eigenvalue weighted by atomic mass is 10.1. The van der Waals surface area contributed by atoms with Crippen LogP contribution in [0.3, 0.4) is 0 Å². The first-order valence-corrected chi connectivity index (χ1v) is 9.08. The molecule has 4 nitrogen and oxygen atoms in total. The van der Waals surface area contributed by atoms with Crippen LogP contribution in [0.4, 0.5) is 0 Å². The highest BCUT2D eigenvalue weighted by molar-refractivity contribution is 7.99. The molecule has 2 aromatic carbocycles. The molecule has 0 saturated heterocycles. The molecule has 0 bridgehead atoms. The van der Waals surface area contributed by atoms with E-state index in [1.807, 2.05) is 36.4 Å². The molecular formula is C20H22O4S.